The van der Waals surface area contributed by atoms with Crippen LogP contribution in [0.15, 0.2) is 48.5 Å². The zero-order valence-corrected chi connectivity index (χ0v) is 18.0. The van der Waals surface area contributed by atoms with Crippen molar-refractivity contribution in [2.24, 2.45) is 0 Å². The zero-order chi connectivity index (χ0) is 21.5. The second kappa shape index (κ2) is 11.2. The highest BCUT2D eigenvalue weighted by Crippen LogP contribution is 2.30. The Hall–Kier alpha value is -3.23. The van der Waals surface area contributed by atoms with Gasteiger partial charge in [0, 0.05) is 16.7 Å². The molecule has 2 aromatic carbocycles. The van der Waals surface area contributed by atoms with E-state index in [4.69, 9.17) is 37.6 Å². The molecule has 0 unspecified atom stereocenters. The van der Waals surface area contributed by atoms with E-state index in [1.165, 1.54) is 0 Å². The number of carboxylic acids is 1. The Balaban J connectivity index is 0.00000341. The van der Waals surface area contributed by atoms with Crippen molar-refractivity contribution in [2.75, 3.05) is 24.7 Å². The van der Waals surface area contributed by atoms with Gasteiger partial charge >= 0.3 is 5.97 Å². The number of nitrogens with zero attached hydrogens (tertiary/aromatic N) is 2. The van der Waals surface area contributed by atoms with Gasteiger partial charge in [-0.05, 0) is 42.7 Å². The first-order valence-corrected chi connectivity index (χ1v) is 9.55. The molecule has 10 heteroatoms. The molecule has 0 radical (unpaired) electrons. The Kier molecular flexibility index (Phi) is 8.72. The minimum absolute atomic E-state index is 0. The highest BCUT2D eigenvalue weighted by molar-refractivity contribution is 6.30. The lowest BCUT2D eigenvalue weighted by molar-refractivity contribution is -0.139. The van der Waals surface area contributed by atoms with Crippen LogP contribution in [0.5, 0.6) is 11.5 Å². The summed E-state index contributed by atoms with van der Waals surface area (Å²) in [6, 6.07) is 14.1. The molecule has 8 nitrogen and oxygen atoms in total. The third-order valence-corrected chi connectivity index (χ3v) is 4.37. The first-order chi connectivity index (χ1) is 14.4. The van der Waals surface area contributed by atoms with Gasteiger partial charge in [-0.25, -0.2) is 9.78 Å². The molecule has 5 N–H and O–H groups in total. The van der Waals surface area contributed by atoms with Crippen molar-refractivity contribution >= 4 is 41.7 Å². The minimum atomic E-state index is -1.04. The molecular formula is C21H22Cl2N4O4. The van der Waals surface area contributed by atoms with Crippen LogP contribution in [-0.2, 0) is 11.2 Å². The van der Waals surface area contributed by atoms with Crippen molar-refractivity contribution in [1.29, 1.82) is 0 Å². The van der Waals surface area contributed by atoms with Crippen LogP contribution in [0.3, 0.4) is 0 Å². The summed E-state index contributed by atoms with van der Waals surface area (Å²) in [5.41, 5.74) is 14.1. The molecule has 31 heavy (non-hydrogen) atoms. The van der Waals surface area contributed by atoms with Crippen LogP contribution in [0.25, 0.3) is 11.1 Å². The summed E-state index contributed by atoms with van der Waals surface area (Å²) < 4.78 is 10.9. The largest absolute Gasteiger partial charge is 0.493 e. The Morgan fingerprint density at radius 1 is 1.03 bits per heavy atom. The van der Waals surface area contributed by atoms with E-state index in [2.05, 4.69) is 9.97 Å². The standard InChI is InChI=1S/C21H21ClN4O4.ClH/c22-14-5-1-4-13(10-14)19-17(25-21(24)26-20(19)23)8-3-9-29-15-6-2-7-16(11-15)30-12-18(27)28;/h1-2,4-7,10-11H,3,8-9,12H2,(H,27,28)(H4,23,24,25,26);1H. The Bertz CT molecular complexity index is 1050. The summed E-state index contributed by atoms with van der Waals surface area (Å²) >= 11 is 6.11. The molecule has 0 atom stereocenters. The third kappa shape index (κ3) is 6.91. The van der Waals surface area contributed by atoms with Gasteiger partial charge in [-0.15, -0.1) is 12.4 Å². The molecule has 0 saturated carbocycles. The normalized spacial score (nSPS) is 10.2. The van der Waals surface area contributed by atoms with Gasteiger partial charge < -0.3 is 26.0 Å². The molecule has 1 aromatic heterocycles. The van der Waals surface area contributed by atoms with E-state index in [-0.39, 0.29) is 18.4 Å². The Morgan fingerprint density at radius 3 is 2.45 bits per heavy atom. The van der Waals surface area contributed by atoms with Gasteiger partial charge in [0.05, 0.1) is 12.3 Å². The number of hydrogen-bond acceptors (Lipinski definition) is 7. The third-order valence-electron chi connectivity index (χ3n) is 4.14. The quantitative estimate of drug-likeness (QED) is 0.406. The van der Waals surface area contributed by atoms with Crippen LogP contribution < -0.4 is 20.9 Å². The van der Waals surface area contributed by atoms with Crippen LogP contribution in [0.4, 0.5) is 11.8 Å². The molecule has 0 bridgehead atoms. The second-order valence-corrected chi connectivity index (χ2v) is 6.84. The number of aliphatic carboxylic acids is 1. The van der Waals surface area contributed by atoms with Gasteiger partial charge in [0.1, 0.15) is 17.3 Å². The van der Waals surface area contributed by atoms with Crippen LogP contribution in [-0.4, -0.2) is 34.3 Å². The van der Waals surface area contributed by atoms with Gasteiger partial charge in [-0.2, -0.15) is 4.98 Å². The molecule has 0 amide bonds. The number of ether oxygens (including phenoxy) is 2. The summed E-state index contributed by atoms with van der Waals surface area (Å²) in [5.74, 6) is 0.367. The van der Waals surface area contributed by atoms with E-state index < -0.39 is 12.6 Å². The number of carboxylic acid groups (broad SMARTS) is 1. The Labute approximate surface area is 190 Å². The summed E-state index contributed by atoms with van der Waals surface area (Å²) in [7, 11) is 0. The number of hydrogen-bond donors (Lipinski definition) is 3. The maximum Gasteiger partial charge on any atom is 0.341 e. The van der Waals surface area contributed by atoms with E-state index in [1.54, 1.807) is 36.4 Å². The highest BCUT2D eigenvalue weighted by Gasteiger charge is 2.14. The fourth-order valence-corrected chi connectivity index (χ4v) is 3.10. The molecule has 3 rings (SSSR count). The molecule has 3 aromatic rings. The first kappa shape index (κ1) is 24.0. The number of nitrogen functional groups attached to an aromatic ring is 2. The number of anilines is 2. The van der Waals surface area contributed by atoms with Gasteiger partial charge in [-0.3, -0.25) is 0 Å². The molecule has 0 saturated heterocycles. The van der Waals surface area contributed by atoms with Crippen molar-refractivity contribution in [3.05, 3.63) is 59.2 Å². The molecule has 0 aliphatic rings. The molecule has 164 valence electrons. The maximum atomic E-state index is 10.6. The van der Waals surface area contributed by atoms with Gasteiger partial charge in [0.25, 0.3) is 0 Å². The summed E-state index contributed by atoms with van der Waals surface area (Å²) in [6.07, 6.45) is 1.21. The lowest BCUT2D eigenvalue weighted by Crippen LogP contribution is -2.09. The number of halogens is 2. The molecular weight excluding hydrogens is 443 g/mol. The number of nitrogens with two attached hydrogens (primary N) is 2. The summed E-state index contributed by atoms with van der Waals surface area (Å²) in [6.45, 7) is -0.00648. The van der Waals surface area contributed by atoms with Crippen LogP contribution >= 0.6 is 24.0 Å². The topological polar surface area (TPSA) is 134 Å². The van der Waals surface area contributed by atoms with E-state index in [0.29, 0.717) is 53.0 Å². The maximum absolute atomic E-state index is 10.6. The number of aryl methyl sites for hydroxylation is 1. The zero-order valence-electron chi connectivity index (χ0n) is 16.5. The van der Waals surface area contributed by atoms with E-state index >= 15 is 0 Å². The molecule has 0 aliphatic heterocycles. The average molecular weight is 465 g/mol. The van der Waals surface area contributed by atoms with Crippen molar-refractivity contribution < 1.29 is 19.4 Å². The predicted octanol–water partition coefficient (Wildman–Crippen LogP) is 3.86. The van der Waals surface area contributed by atoms with Crippen molar-refractivity contribution in [2.45, 2.75) is 12.8 Å². The van der Waals surface area contributed by atoms with Gasteiger partial charge in [0.15, 0.2) is 6.61 Å². The van der Waals surface area contributed by atoms with Crippen molar-refractivity contribution in [3.63, 3.8) is 0 Å². The monoisotopic (exact) mass is 464 g/mol. The average Bonchev–Trinajstić information content (AvgIpc) is 2.69. The van der Waals surface area contributed by atoms with Crippen molar-refractivity contribution in [1.82, 2.24) is 9.97 Å². The summed E-state index contributed by atoms with van der Waals surface area (Å²) in [4.78, 5) is 19.0. The fraction of sp³-hybridized carbons (Fsp3) is 0.190. The predicted molar refractivity (Wildman–Crippen MR) is 122 cm³/mol. The van der Waals surface area contributed by atoms with Gasteiger partial charge in [0.2, 0.25) is 5.95 Å². The highest BCUT2D eigenvalue weighted by atomic mass is 35.5. The van der Waals surface area contributed by atoms with Crippen molar-refractivity contribution in [3.8, 4) is 22.6 Å². The van der Waals surface area contributed by atoms with Crippen LogP contribution in [0.2, 0.25) is 5.02 Å². The number of rotatable bonds is 9. The Morgan fingerprint density at radius 2 is 1.74 bits per heavy atom. The fourth-order valence-electron chi connectivity index (χ4n) is 2.91. The molecule has 0 spiro atoms. The second-order valence-electron chi connectivity index (χ2n) is 6.41. The van der Waals surface area contributed by atoms with Gasteiger partial charge in [-0.1, -0.05) is 29.8 Å². The molecule has 1 heterocycles. The number of aromatic nitrogens is 2. The summed E-state index contributed by atoms with van der Waals surface area (Å²) in [5, 5.41) is 9.28. The van der Waals surface area contributed by atoms with Crippen LogP contribution in [0, 0.1) is 0 Å². The van der Waals surface area contributed by atoms with E-state index in [0.717, 1.165) is 5.56 Å². The number of carbonyl (C=O) groups is 1. The smallest absolute Gasteiger partial charge is 0.341 e. The lowest BCUT2D eigenvalue weighted by atomic mass is 10.0. The first-order valence-electron chi connectivity index (χ1n) is 9.17. The van der Waals surface area contributed by atoms with E-state index in [9.17, 15) is 4.79 Å². The van der Waals surface area contributed by atoms with E-state index in [1.807, 2.05) is 12.1 Å². The minimum Gasteiger partial charge on any atom is -0.493 e. The molecule has 0 fully saturated rings. The number of benzene rings is 2. The lowest BCUT2D eigenvalue weighted by Gasteiger charge is -2.13. The van der Waals surface area contributed by atoms with Crippen LogP contribution in [0.1, 0.15) is 12.1 Å². The SMILES string of the molecule is Cl.Nc1nc(N)c(-c2cccc(Cl)c2)c(CCCOc2cccc(OCC(=O)O)c2)n1. The molecule has 0 aliphatic carbocycles.